The van der Waals surface area contributed by atoms with Crippen LogP contribution in [0, 0.1) is 11.8 Å². The molecule has 2 aliphatic heterocycles. The van der Waals surface area contributed by atoms with Crippen LogP contribution in [-0.4, -0.2) is 67.9 Å². The molecule has 0 aromatic heterocycles. The molecule has 3 fully saturated rings. The molecule has 2 saturated heterocycles. The van der Waals surface area contributed by atoms with Crippen LogP contribution in [0.5, 0.6) is 0 Å². The first-order valence-corrected chi connectivity index (χ1v) is 11.2. The van der Waals surface area contributed by atoms with E-state index < -0.39 is 0 Å². The summed E-state index contributed by atoms with van der Waals surface area (Å²) in [6, 6.07) is 8.22. The van der Waals surface area contributed by atoms with Crippen molar-refractivity contribution >= 4 is 23.2 Å². The second-order valence-electron chi connectivity index (χ2n) is 8.91. The highest BCUT2D eigenvalue weighted by atomic mass is 16.2. The van der Waals surface area contributed by atoms with E-state index in [9.17, 15) is 9.59 Å². The van der Waals surface area contributed by atoms with Gasteiger partial charge in [0.15, 0.2) is 0 Å². The number of carbonyl (C=O) groups is 2. The van der Waals surface area contributed by atoms with Crippen molar-refractivity contribution < 1.29 is 9.59 Å². The maximum atomic E-state index is 12.8. The van der Waals surface area contributed by atoms with Crippen molar-refractivity contribution in [3.8, 4) is 0 Å². The molecule has 1 aliphatic carbocycles. The number of likely N-dealkylation sites (N-methyl/N-ethyl adjacent to an activating group) is 1. The predicted octanol–water partition coefficient (Wildman–Crippen LogP) is 2.81. The van der Waals surface area contributed by atoms with Gasteiger partial charge in [0.2, 0.25) is 11.8 Å². The molecule has 29 heavy (non-hydrogen) atoms. The van der Waals surface area contributed by atoms with Gasteiger partial charge in [-0.15, -0.1) is 0 Å². The van der Waals surface area contributed by atoms with Crippen molar-refractivity contribution in [3.05, 3.63) is 24.3 Å². The topological polar surface area (TPSA) is 55.9 Å². The number of nitrogens with one attached hydrogen (secondary N) is 1. The third-order valence-electron chi connectivity index (χ3n) is 6.87. The molecule has 1 aromatic rings. The molecule has 0 bridgehead atoms. The average molecular weight is 399 g/mol. The maximum Gasteiger partial charge on any atom is 0.227 e. The first kappa shape index (κ1) is 20.2. The van der Waals surface area contributed by atoms with Crippen LogP contribution in [0.2, 0.25) is 0 Å². The van der Waals surface area contributed by atoms with Gasteiger partial charge in [-0.25, -0.2) is 0 Å². The van der Waals surface area contributed by atoms with E-state index >= 15 is 0 Å². The highest BCUT2D eigenvalue weighted by Crippen LogP contribution is 2.31. The number of benzene rings is 1. The number of hydrogen-bond acceptors (Lipinski definition) is 4. The van der Waals surface area contributed by atoms with Crippen LogP contribution in [0.4, 0.5) is 11.4 Å². The lowest BCUT2D eigenvalue weighted by atomic mass is 9.80. The summed E-state index contributed by atoms with van der Waals surface area (Å²) in [6.07, 6.45) is 5.80. The highest BCUT2D eigenvalue weighted by Gasteiger charge is 2.33. The zero-order chi connectivity index (χ0) is 20.2. The van der Waals surface area contributed by atoms with Gasteiger partial charge in [-0.3, -0.25) is 9.59 Å². The van der Waals surface area contributed by atoms with Crippen molar-refractivity contribution in [2.24, 2.45) is 11.8 Å². The summed E-state index contributed by atoms with van der Waals surface area (Å²) in [4.78, 5) is 32.2. The molecular weight excluding hydrogens is 364 g/mol. The fraction of sp³-hybridized carbons (Fsp3) is 0.652. The molecule has 1 aromatic carbocycles. The van der Waals surface area contributed by atoms with Gasteiger partial charge in [0.25, 0.3) is 0 Å². The zero-order valence-corrected chi connectivity index (χ0v) is 17.6. The molecule has 0 spiro atoms. The molecular formula is C23H34N4O2. The first-order chi connectivity index (χ1) is 14.1. The molecule has 1 N–H and O–H groups in total. The summed E-state index contributed by atoms with van der Waals surface area (Å²) in [5.41, 5.74) is 2.11. The molecule has 6 nitrogen and oxygen atoms in total. The number of carbonyl (C=O) groups excluding carboxylic acids is 2. The molecule has 2 amide bonds. The van der Waals surface area contributed by atoms with Crippen LogP contribution in [0.1, 0.15) is 38.5 Å². The van der Waals surface area contributed by atoms with Gasteiger partial charge in [0.05, 0.1) is 0 Å². The smallest absolute Gasteiger partial charge is 0.227 e. The first-order valence-electron chi connectivity index (χ1n) is 11.2. The van der Waals surface area contributed by atoms with Crippen molar-refractivity contribution in [3.63, 3.8) is 0 Å². The summed E-state index contributed by atoms with van der Waals surface area (Å²) in [7, 11) is 2.10. The van der Waals surface area contributed by atoms with E-state index in [0.717, 1.165) is 70.6 Å². The fourth-order valence-electron chi connectivity index (χ4n) is 4.86. The van der Waals surface area contributed by atoms with E-state index in [1.165, 1.54) is 18.5 Å². The molecule has 1 saturated carbocycles. The van der Waals surface area contributed by atoms with Crippen LogP contribution in [0.3, 0.4) is 0 Å². The number of amides is 2. The molecule has 0 radical (unpaired) electrons. The maximum absolute atomic E-state index is 12.8. The second kappa shape index (κ2) is 9.16. The van der Waals surface area contributed by atoms with Crippen molar-refractivity contribution in [1.82, 2.24) is 9.80 Å². The van der Waals surface area contributed by atoms with Gasteiger partial charge in [-0.1, -0.05) is 0 Å². The molecule has 158 valence electrons. The largest absolute Gasteiger partial charge is 0.372 e. The summed E-state index contributed by atoms with van der Waals surface area (Å²) in [5, 5.41) is 3.08. The van der Waals surface area contributed by atoms with Crippen LogP contribution in [0.15, 0.2) is 24.3 Å². The molecule has 4 rings (SSSR count). The van der Waals surface area contributed by atoms with Gasteiger partial charge in [0.1, 0.15) is 0 Å². The summed E-state index contributed by atoms with van der Waals surface area (Å²) in [6.45, 7) is 5.84. The lowest BCUT2D eigenvalue weighted by molar-refractivity contribution is -0.139. The fourth-order valence-corrected chi connectivity index (χ4v) is 4.86. The van der Waals surface area contributed by atoms with Crippen LogP contribution in [0.25, 0.3) is 0 Å². The normalized spacial score (nSPS) is 25.8. The van der Waals surface area contributed by atoms with Crippen LogP contribution in [-0.2, 0) is 9.59 Å². The predicted molar refractivity (Wildman–Crippen MR) is 116 cm³/mol. The van der Waals surface area contributed by atoms with Crippen LogP contribution >= 0.6 is 0 Å². The van der Waals surface area contributed by atoms with E-state index in [0.29, 0.717) is 5.91 Å². The second-order valence-corrected chi connectivity index (χ2v) is 8.91. The minimum absolute atomic E-state index is 0.0183. The van der Waals surface area contributed by atoms with Gasteiger partial charge in [-0.2, -0.15) is 0 Å². The third-order valence-corrected chi connectivity index (χ3v) is 6.87. The highest BCUT2D eigenvalue weighted by molar-refractivity contribution is 5.93. The average Bonchev–Trinajstić information content (AvgIpc) is 3.29. The van der Waals surface area contributed by atoms with E-state index in [2.05, 4.69) is 34.3 Å². The molecule has 2 heterocycles. The Balaban J connectivity index is 1.24. The number of rotatable bonds is 4. The number of nitrogens with zero attached hydrogens (tertiary/aromatic N) is 3. The van der Waals surface area contributed by atoms with Gasteiger partial charge >= 0.3 is 0 Å². The Morgan fingerprint density at radius 3 is 2.03 bits per heavy atom. The molecule has 6 heteroatoms. The van der Waals surface area contributed by atoms with E-state index in [1.54, 1.807) is 0 Å². The lowest BCUT2D eigenvalue weighted by Gasteiger charge is -2.36. The van der Waals surface area contributed by atoms with Gasteiger partial charge in [0, 0.05) is 62.5 Å². The Labute approximate surface area is 174 Å². The van der Waals surface area contributed by atoms with E-state index in [-0.39, 0.29) is 17.7 Å². The van der Waals surface area contributed by atoms with Crippen molar-refractivity contribution in [2.75, 3.05) is 56.5 Å². The lowest BCUT2D eigenvalue weighted by Crippen LogP contribution is -2.49. The Morgan fingerprint density at radius 2 is 1.41 bits per heavy atom. The summed E-state index contributed by atoms with van der Waals surface area (Å²) in [5.74, 6) is 0.519. The SMILES string of the molecule is CN1CCN(C(=O)C2CCC(C(=O)Nc3ccc(N4CCCC4)cc3)CC2)CC1. The third kappa shape index (κ3) is 4.92. The Morgan fingerprint density at radius 1 is 0.828 bits per heavy atom. The number of hydrogen-bond donors (Lipinski definition) is 1. The Hall–Kier alpha value is -2.08. The quantitative estimate of drug-likeness (QED) is 0.847. The monoisotopic (exact) mass is 398 g/mol. The van der Waals surface area contributed by atoms with Crippen molar-refractivity contribution in [2.45, 2.75) is 38.5 Å². The molecule has 3 aliphatic rings. The minimum atomic E-state index is 0.0183. The summed E-state index contributed by atoms with van der Waals surface area (Å²) >= 11 is 0. The van der Waals surface area contributed by atoms with Crippen molar-refractivity contribution in [1.29, 1.82) is 0 Å². The Kier molecular flexibility index (Phi) is 6.38. The van der Waals surface area contributed by atoms with Gasteiger partial charge < -0.3 is 20.0 Å². The standard InChI is InChI=1S/C23H34N4O2/c1-25-14-16-27(17-15-25)23(29)19-6-4-18(5-7-19)22(28)24-20-8-10-21(11-9-20)26-12-2-3-13-26/h8-11,18-19H,2-7,12-17H2,1H3,(H,24,28). The van der Waals surface area contributed by atoms with E-state index in [1.807, 2.05) is 17.0 Å². The van der Waals surface area contributed by atoms with Gasteiger partial charge in [-0.05, 0) is 69.8 Å². The van der Waals surface area contributed by atoms with E-state index in [4.69, 9.17) is 0 Å². The molecule has 0 atom stereocenters. The zero-order valence-electron chi connectivity index (χ0n) is 17.6. The Bertz CT molecular complexity index is 698. The minimum Gasteiger partial charge on any atom is -0.372 e. The molecule has 0 unspecified atom stereocenters. The number of anilines is 2. The summed E-state index contributed by atoms with van der Waals surface area (Å²) < 4.78 is 0. The van der Waals surface area contributed by atoms with Crippen LogP contribution < -0.4 is 10.2 Å². The number of piperazine rings is 1.